The molecule has 0 radical (unpaired) electrons. The number of aromatic nitrogens is 7. The molecule has 2 N–H and O–H groups in total. The monoisotopic (exact) mass is 757 g/mol. The van der Waals surface area contributed by atoms with Crippen LogP contribution in [0, 0.1) is 11.8 Å². The molecule has 7 heterocycles. The van der Waals surface area contributed by atoms with Crippen molar-refractivity contribution in [3.05, 3.63) is 77.2 Å². The highest BCUT2D eigenvalue weighted by atomic mass is 16.5. The summed E-state index contributed by atoms with van der Waals surface area (Å²) in [4.78, 5) is 60.5. The van der Waals surface area contributed by atoms with Gasteiger partial charge in [-0.3, -0.25) is 33.5 Å². The lowest BCUT2D eigenvalue weighted by molar-refractivity contribution is -0.135. The van der Waals surface area contributed by atoms with E-state index in [0.29, 0.717) is 53.0 Å². The standard InChI is InChI=1S/C40H43N11O5/c1-46-36-31(4-2-5-32(36)51(40(46)55)33-8-9-35(52)44-39(33)54)48-20-25(21-48)19-47-14-10-27(11-15-47)50-22-26-16-30(34(17-29(26)45-50)56-23-24-6-7-24)43-38(53)28-18-42-49-13-3-12-41-37(28)49/h2-5,12-13,16-18,22,24-25,27,33H,6-11,14-15,19-21,23H2,1H3,(H,43,53)(H,44,52,54). The van der Waals surface area contributed by atoms with Crippen molar-refractivity contribution in [1.82, 2.24) is 43.7 Å². The lowest BCUT2D eigenvalue weighted by Crippen LogP contribution is -2.52. The number of aryl methyl sites for hydroxylation is 1. The van der Waals surface area contributed by atoms with Crippen LogP contribution in [0.25, 0.3) is 27.6 Å². The number of anilines is 2. The molecule has 1 aliphatic carbocycles. The van der Waals surface area contributed by atoms with Crippen LogP contribution in [-0.2, 0) is 16.6 Å². The molecule has 0 spiro atoms. The quantitative estimate of drug-likeness (QED) is 0.198. The van der Waals surface area contributed by atoms with E-state index in [4.69, 9.17) is 9.84 Å². The lowest BCUT2D eigenvalue weighted by Gasteiger charge is -2.44. The summed E-state index contributed by atoms with van der Waals surface area (Å²) in [6.07, 6.45) is 11.8. The highest BCUT2D eigenvalue weighted by molar-refractivity contribution is 6.09. The number of hydrogen-bond acceptors (Lipinski definition) is 10. The van der Waals surface area contributed by atoms with E-state index in [1.54, 1.807) is 39.2 Å². The second-order valence-electron chi connectivity index (χ2n) is 15.8. The van der Waals surface area contributed by atoms with Crippen LogP contribution in [0.5, 0.6) is 5.75 Å². The first-order valence-electron chi connectivity index (χ1n) is 19.5. The summed E-state index contributed by atoms with van der Waals surface area (Å²) < 4.78 is 13.1. The second-order valence-corrected chi connectivity index (χ2v) is 15.8. The average molecular weight is 758 g/mol. The fourth-order valence-corrected chi connectivity index (χ4v) is 8.66. The summed E-state index contributed by atoms with van der Waals surface area (Å²) in [5, 5.41) is 15.7. The number of nitrogens with zero attached hydrogens (tertiary/aromatic N) is 9. The molecule has 0 bridgehead atoms. The molecule has 3 amide bonds. The fourth-order valence-electron chi connectivity index (χ4n) is 8.66. The van der Waals surface area contributed by atoms with Gasteiger partial charge in [0.2, 0.25) is 11.8 Å². The van der Waals surface area contributed by atoms with Crippen molar-refractivity contribution in [1.29, 1.82) is 0 Å². The average Bonchev–Trinajstić information content (AvgIpc) is 3.67. The minimum absolute atomic E-state index is 0.214. The maximum absolute atomic E-state index is 13.4. The van der Waals surface area contributed by atoms with E-state index >= 15 is 0 Å². The minimum atomic E-state index is -0.701. The van der Waals surface area contributed by atoms with E-state index in [9.17, 15) is 19.2 Å². The van der Waals surface area contributed by atoms with Crippen LogP contribution >= 0.6 is 0 Å². The van der Waals surface area contributed by atoms with Crippen LogP contribution in [-0.4, -0.2) is 95.5 Å². The Morgan fingerprint density at radius 3 is 2.66 bits per heavy atom. The van der Waals surface area contributed by atoms with Gasteiger partial charge in [-0.1, -0.05) is 6.07 Å². The topological polar surface area (TPSA) is 166 Å². The normalized spacial score (nSPS) is 19.9. The summed E-state index contributed by atoms with van der Waals surface area (Å²) in [5.74, 6) is 0.644. The number of fused-ring (bicyclic) bond motifs is 3. The summed E-state index contributed by atoms with van der Waals surface area (Å²) in [7, 11) is 1.75. The molecular weight excluding hydrogens is 715 g/mol. The van der Waals surface area contributed by atoms with Gasteiger partial charge in [-0.05, 0) is 62.3 Å². The Morgan fingerprint density at radius 2 is 1.86 bits per heavy atom. The Morgan fingerprint density at radius 1 is 1.02 bits per heavy atom. The van der Waals surface area contributed by atoms with E-state index in [-0.39, 0.29) is 30.0 Å². The number of nitrogens with one attached hydrogen (secondary N) is 2. The molecule has 3 saturated heterocycles. The molecule has 1 unspecified atom stereocenters. The zero-order valence-corrected chi connectivity index (χ0v) is 31.1. The van der Waals surface area contributed by atoms with E-state index in [2.05, 4.69) is 41.4 Å². The molecule has 6 aromatic rings. The van der Waals surface area contributed by atoms with E-state index in [1.807, 2.05) is 30.3 Å². The predicted octanol–water partition coefficient (Wildman–Crippen LogP) is 3.52. The number of carbonyl (C=O) groups excluding carboxylic acids is 3. The first kappa shape index (κ1) is 34.5. The number of imidazole rings is 1. The molecule has 4 aromatic heterocycles. The molecule has 10 rings (SSSR count). The minimum Gasteiger partial charge on any atom is -0.491 e. The van der Waals surface area contributed by atoms with Gasteiger partial charge in [-0.25, -0.2) is 14.3 Å². The molecule has 1 atom stereocenters. The summed E-state index contributed by atoms with van der Waals surface area (Å²) in [5.41, 5.74) is 4.59. The number of benzene rings is 2. The van der Waals surface area contributed by atoms with Crippen LogP contribution < -0.4 is 26.0 Å². The van der Waals surface area contributed by atoms with Gasteiger partial charge in [0.25, 0.3) is 5.91 Å². The van der Waals surface area contributed by atoms with Crippen molar-refractivity contribution >= 4 is 56.7 Å². The molecule has 288 valence electrons. The number of hydrogen-bond donors (Lipinski definition) is 2. The van der Waals surface area contributed by atoms with Crippen LogP contribution in [0.4, 0.5) is 11.4 Å². The zero-order valence-electron chi connectivity index (χ0n) is 31.1. The lowest BCUT2D eigenvalue weighted by atomic mass is 9.96. The van der Waals surface area contributed by atoms with Crippen molar-refractivity contribution in [3.8, 4) is 5.75 Å². The summed E-state index contributed by atoms with van der Waals surface area (Å²) in [6.45, 7) is 5.34. The third-order valence-electron chi connectivity index (χ3n) is 11.9. The molecule has 3 aliphatic heterocycles. The number of rotatable bonds is 10. The van der Waals surface area contributed by atoms with Crippen LogP contribution in [0.3, 0.4) is 0 Å². The first-order chi connectivity index (χ1) is 27.3. The van der Waals surface area contributed by atoms with Crippen LogP contribution in [0.15, 0.2) is 66.0 Å². The summed E-state index contributed by atoms with van der Waals surface area (Å²) in [6, 6.07) is 11.1. The largest absolute Gasteiger partial charge is 0.491 e. The van der Waals surface area contributed by atoms with E-state index < -0.39 is 11.9 Å². The number of ether oxygens (including phenoxy) is 1. The van der Waals surface area contributed by atoms with Gasteiger partial charge in [-0.2, -0.15) is 10.2 Å². The number of carbonyl (C=O) groups is 3. The van der Waals surface area contributed by atoms with Gasteiger partial charge in [0, 0.05) is 82.2 Å². The second kappa shape index (κ2) is 13.6. The molecule has 1 saturated carbocycles. The van der Waals surface area contributed by atoms with Gasteiger partial charge in [0.15, 0.2) is 5.65 Å². The van der Waals surface area contributed by atoms with Gasteiger partial charge in [0.1, 0.15) is 17.4 Å². The van der Waals surface area contributed by atoms with Crippen LogP contribution in [0.1, 0.15) is 61.0 Å². The fraction of sp³-hybridized carbons (Fsp3) is 0.425. The molecular formula is C40H43N11O5. The Hall–Kier alpha value is -6.03. The Labute approximate surface area is 321 Å². The first-order valence-corrected chi connectivity index (χ1v) is 19.5. The molecule has 2 aromatic carbocycles. The molecule has 4 aliphatic rings. The van der Waals surface area contributed by atoms with E-state index in [1.165, 1.54) is 6.20 Å². The number of para-hydroxylation sites is 1. The van der Waals surface area contributed by atoms with Gasteiger partial charge in [-0.15, -0.1) is 0 Å². The molecule has 4 fully saturated rings. The van der Waals surface area contributed by atoms with Gasteiger partial charge < -0.3 is 19.9 Å². The maximum atomic E-state index is 13.4. The Bertz CT molecular complexity index is 2590. The molecule has 56 heavy (non-hydrogen) atoms. The van der Waals surface area contributed by atoms with Crippen LogP contribution in [0.2, 0.25) is 0 Å². The predicted molar refractivity (Wildman–Crippen MR) is 208 cm³/mol. The highest BCUT2D eigenvalue weighted by Crippen LogP contribution is 2.37. The number of piperidine rings is 2. The molecule has 16 nitrogen and oxygen atoms in total. The zero-order chi connectivity index (χ0) is 38.1. The molecule has 16 heteroatoms. The number of likely N-dealkylation sites (tertiary alicyclic amines) is 1. The maximum Gasteiger partial charge on any atom is 0.329 e. The van der Waals surface area contributed by atoms with Crippen molar-refractivity contribution in [2.24, 2.45) is 18.9 Å². The smallest absolute Gasteiger partial charge is 0.329 e. The van der Waals surface area contributed by atoms with Crippen molar-refractivity contribution in [3.63, 3.8) is 0 Å². The van der Waals surface area contributed by atoms with Crippen molar-refractivity contribution < 1.29 is 19.1 Å². The highest BCUT2D eigenvalue weighted by Gasteiger charge is 2.35. The van der Waals surface area contributed by atoms with E-state index in [0.717, 1.165) is 80.5 Å². The Balaban J connectivity index is 0.789. The van der Waals surface area contributed by atoms with Crippen molar-refractivity contribution in [2.75, 3.05) is 49.5 Å². The SMILES string of the molecule is Cn1c(=O)n(C2CCC(=O)NC2=O)c2cccc(N3CC(CN4CCC(n5cc6cc(NC(=O)c7cnn8cccnc78)c(OCC7CC7)cc6n5)CC4)C3)c21. The Kier molecular flexibility index (Phi) is 8.38. The number of amides is 3. The number of imide groups is 1. The van der Waals surface area contributed by atoms with Gasteiger partial charge >= 0.3 is 5.69 Å². The third kappa shape index (κ3) is 6.17. The summed E-state index contributed by atoms with van der Waals surface area (Å²) >= 11 is 0. The third-order valence-corrected chi connectivity index (χ3v) is 11.9. The van der Waals surface area contributed by atoms with Crippen molar-refractivity contribution in [2.45, 2.75) is 50.6 Å². The van der Waals surface area contributed by atoms with Gasteiger partial charge in [0.05, 0.1) is 46.8 Å².